The molecule has 2 rings (SSSR count). The number of nitrogens with one attached hydrogen (secondary N) is 2. The predicted octanol–water partition coefficient (Wildman–Crippen LogP) is 2.21. The van der Waals surface area contributed by atoms with Crippen molar-refractivity contribution in [2.75, 3.05) is 6.54 Å². The Bertz CT molecular complexity index is 417. The molecule has 2 aromatic heterocycles. The lowest BCUT2D eigenvalue weighted by molar-refractivity contribution is 0.578. The number of hydrogen-bond acceptors (Lipinski definition) is 3. The lowest BCUT2D eigenvalue weighted by Gasteiger charge is -2.05. The van der Waals surface area contributed by atoms with Crippen LogP contribution in [-0.2, 0) is 6.42 Å². The van der Waals surface area contributed by atoms with Gasteiger partial charge in [0.1, 0.15) is 11.5 Å². The summed E-state index contributed by atoms with van der Waals surface area (Å²) in [7, 11) is 0. The summed E-state index contributed by atoms with van der Waals surface area (Å²) in [5.41, 5.74) is 0.935. The quantitative estimate of drug-likeness (QED) is 0.810. The summed E-state index contributed by atoms with van der Waals surface area (Å²) in [6.07, 6.45) is 4.37. The fourth-order valence-corrected chi connectivity index (χ4v) is 1.53. The Morgan fingerprint density at radius 1 is 1.50 bits per heavy atom. The van der Waals surface area contributed by atoms with Gasteiger partial charge in [0.15, 0.2) is 5.76 Å². The Hall–Kier alpha value is -1.55. The summed E-state index contributed by atoms with van der Waals surface area (Å²) in [5, 5.41) is 3.35. The molecule has 0 aliphatic carbocycles. The molecule has 0 aliphatic rings. The highest BCUT2D eigenvalue weighted by Gasteiger charge is 2.05. The second-order valence-electron chi connectivity index (χ2n) is 4.08. The van der Waals surface area contributed by atoms with E-state index >= 15 is 0 Å². The van der Waals surface area contributed by atoms with E-state index in [0.717, 1.165) is 30.2 Å². The van der Waals surface area contributed by atoms with Crippen LogP contribution in [0.25, 0.3) is 11.5 Å². The van der Waals surface area contributed by atoms with E-state index in [4.69, 9.17) is 4.42 Å². The number of aromatic nitrogens is 2. The van der Waals surface area contributed by atoms with E-state index in [0.29, 0.717) is 6.04 Å². The monoisotopic (exact) mass is 219 g/mol. The second kappa shape index (κ2) is 4.99. The summed E-state index contributed by atoms with van der Waals surface area (Å²) < 4.78 is 5.29. The molecule has 0 spiro atoms. The van der Waals surface area contributed by atoms with Gasteiger partial charge >= 0.3 is 0 Å². The summed E-state index contributed by atoms with van der Waals surface area (Å²) in [5.74, 6) is 1.81. The van der Waals surface area contributed by atoms with Crippen LogP contribution in [0, 0.1) is 0 Å². The van der Waals surface area contributed by atoms with Gasteiger partial charge in [-0.05, 0) is 12.1 Å². The Morgan fingerprint density at radius 2 is 2.38 bits per heavy atom. The molecule has 2 heterocycles. The lowest BCUT2D eigenvalue weighted by atomic mass is 10.3. The van der Waals surface area contributed by atoms with Crippen molar-refractivity contribution in [3.8, 4) is 11.5 Å². The third-order valence-corrected chi connectivity index (χ3v) is 2.33. The van der Waals surface area contributed by atoms with Crippen LogP contribution in [-0.4, -0.2) is 22.6 Å². The van der Waals surface area contributed by atoms with Crippen LogP contribution in [0.1, 0.15) is 19.7 Å². The van der Waals surface area contributed by atoms with E-state index in [9.17, 15) is 0 Å². The van der Waals surface area contributed by atoms with Crippen molar-refractivity contribution in [3.05, 3.63) is 30.4 Å². The largest absolute Gasteiger partial charge is 0.463 e. The molecule has 0 saturated heterocycles. The van der Waals surface area contributed by atoms with Crippen molar-refractivity contribution in [2.24, 2.45) is 0 Å². The molecule has 0 radical (unpaired) electrons. The van der Waals surface area contributed by atoms with Gasteiger partial charge in [-0.3, -0.25) is 0 Å². The van der Waals surface area contributed by atoms with Crippen LogP contribution in [0.5, 0.6) is 0 Å². The molecular formula is C12H17N3O. The van der Waals surface area contributed by atoms with Crippen molar-refractivity contribution in [1.29, 1.82) is 0 Å². The van der Waals surface area contributed by atoms with Crippen LogP contribution < -0.4 is 5.32 Å². The van der Waals surface area contributed by atoms with Crippen molar-refractivity contribution >= 4 is 0 Å². The summed E-state index contributed by atoms with van der Waals surface area (Å²) >= 11 is 0. The summed E-state index contributed by atoms with van der Waals surface area (Å²) in [4.78, 5) is 7.56. The van der Waals surface area contributed by atoms with Gasteiger partial charge in [0.05, 0.1) is 12.5 Å². The van der Waals surface area contributed by atoms with Crippen molar-refractivity contribution in [3.63, 3.8) is 0 Å². The maximum atomic E-state index is 5.29. The number of imidazole rings is 1. The molecule has 86 valence electrons. The van der Waals surface area contributed by atoms with Gasteiger partial charge in [-0.1, -0.05) is 13.8 Å². The minimum atomic E-state index is 0.513. The number of nitrogens with zero attached hydrogens (tertiary/aromatic N) is 1. The van der Waals surface area contributed by atoms with Gasteiger partial charge in [0.25, 0.3) is 0 Å². The molecule has 0 amide bonds. The average Bonchev–Trinajstić information content (AvgIpc) is 2.85. The normalized spacial score (nSPS) is 11.2. The Kier molecular flexibility index (Phi) is 3.41. The van der Waals surface area contributed by atoms with Crippen molar-refractivity contribution in [1.82, 2.24) is 15.3 Å². The van der Waals surface area contributed by atoms with Gasteiger partial charge in [-0.25, -0.2) is 4.98 Å². The van der Waals surface area contributed by atoms with Gasteiger partial charge in [0.2, 0.25) is 0 Å². The van der Waals surface area contributed by atoms with Crippen LogP contribution in [0.3, 0.4) is 0 Å². The fraction of sp³-hybridized carbons (Fsp3) is 0.417. The predicted molar refractivity (Wildman–Crippen MR) is 63.1 cm³/mol. The van der Waals surface area contributed by atoms with E-state index in [1.807, 2.05) is 18.3 Å². The van der Waals surface area contributed by atoms with Crippen molar-refractivity contribution in [2.45, 2.75) is 26.3 Å². The molecule has 2 aromatic rings. The molecule has 0 atom stereocenters. The molecule has 0 aliphatic heterocycles. The average molecular weight is 219 g/mol. The SMILES string of the molecule is CC(C)NCCc1ncc(-c2ccco2)[nH]1. The first-order valence-electron chi connectivity index (χ1n) is 5.57. The zero-order valence-corrected chi connectivity index (χ0v) is 9.66. The number of aromatic amines is 1. The maximum absolute atomic E-state index is 5.29. The summed E-state index contributed by atoms with van der Waals surface area (Å²) in [6.45, 7) is 5.20. The topological polar surface area (TPSA) is 53.9 Å². The zero-order valence-electron chi connectivity index (χ0n) is 9.66. The highest BCUT2D eigenvalue weighted by Crippen LogP contribution is 2.16. The Morgan fingerprint density at radius 3 is 3.06 bits per heavy atom. The number of hydrogen-bond donors (Lipinski definition) is 2. The first kappa shape index (κ1) is 11.0. The van der Waals surface area contributed by atoms with E-state index in [1.165, 1.54) is 0 Å². The van der Waals surface area contributed by atoms with Crippen molar-refractivity contribution < 1.29 is 4.42 Å². The Balaban J connectivity index is 1.93. The Labute approximate surface area is 95.1 Å². The minimum Gasteiger partial charge on any atom is -0.463 e. The molecule has 4 nitrogen and oxygen atoms in total. The van der Waals surface area contributed by atoms with E-state index in [-0.39, 0.29) is 0 Å². The molecule has 4 heteroatoms. The molecule has 16 heavy (non-hydrogen) atoms. The number of rotatable bonds is 5. The maximum Gasteiger partial charge on any atom is 0.151 e. The molecular weight excluding hydrogens is 202 g/mol. The van der Waals surface area contributed by atoms with E-state index in [2.05, 4.69) is 29.1 Å². The standard InChI is InChI=1S/C12H17N3O/c1-9(2)13-6-5-12-14-8-10(15-12)11-4-3-7-16-11/h3-4,7-9,13H,5-6H2,1-2H3,(H,14,15). The highest BCUT2D eigenvalue weighted by atomic mass is 16.3. The third-order valence-electron chi connectivity index (χ3n) is 2.33. The summed E-state index contributed by atoms with van der Waals surface area (Å²) in [6, 6.07) is 4.30. The molecule has 0 unspecified atom stereocenters. The van der Waals surface area contributed by atoms with Gasteiger partial charge in [0, 0.05) is 19.0 Å². The van der Waals surface area contributed by atoms with Crippen LogP contribution in [0.4, 0.5) is 0 Å². The highest BCUT2D eigenvalue weighted by molar-refractivity contribution is 5.50. The minimum absolute atomic E-state index is 0.513. The molecule has 0 saturated carbocycles. The molecule has 0 aromatic carbocycles. The zero-order chi connectivity index (χ0) is 11.4. The number of H-pyrrole nitrogens is 1. The first-order valence-corrected chi connectivity index (χ1v) is 5.57. The first-order chi connectivity index (χ1) is 7.75. The molecule has 0 fully saturated rings. The van der Waals surface area contributed by atoms with Gasteiger partial charge in [-0.2, -0.15) is 0 Å². The van der Waals surface area contributed by atoms with Crippen LogP contribution in [0.2, 0.25) is 0 Å². The second-order valence-corrected chi connectivity index (χ2v) is 4.08. The third kappa shape index (κ3) is 2.73. The van der Waals surface area contributed by atoms with Gasteiger partial charge in [-0.15, -0.1) is 0 Å². The lowest BCUT2D eigenvalue weighted by Crippen LogP contribution is -2.25. The molecule has 2 N–H and O–H groups in total. The van der Waals surface area contributed by atoms with E-state index < -0.39 is 0 Å². The van der Waals surface area contributed by atoms with E-state index in [1.54, 1.807) is 6.26 Å². The van der Waals surface area contributed by atoms with Crippen LogP contribution in [0.15, 0.2) is 29.0 Å². The smallest absolute Gasteiger partial charge is 0.151 e. The van der Waals surface area contributed by atoms with Gasteiger partial charge < -0.3 is 14.7 Å². The number of furan rings is 1. The molecule has 0 bridgehead atoms. The fourth-order valence-electron chi connectivity index (χ4n) is 1.53. The van der Waals surface area contributed by atoms with Crippen LogP contribution >= 0.6 is 0 Å².